The summed E-state index contributed by atoms with van der Waals surface area (Å²) in [7, 11) is 0. The number of amides is 4. The van der Waals surface area contributed by atoms with Crippen molar-refractivity contribution < 1.29 is 71.5 Å². The number of hydrogen-bond acceptors (Lipinski definition) is 16. The molecular weight excluding hydrogens is 917 g/mol. The van der Waals surface area contributed by atoms with Gasteiger partial charge in [0.1, 0.15) is 45.4 Å². The molecule has 2 aliphatic rings. The molecule has 2 aliphatic heterocycles. The first-order chi connectivity index (χ1) is 32.0. The van der Waals surface area contributed by atoms with E-state index in [0.29, 0.717) is 6.42 Å². The first-order valence-corrected chi connectivity index (χ1v) is 24.0. The maximum Gasteiger partial charge on any atom is 0.344 e. The summed E-state index contributed by atoms with van der Waals surface area (Å²) in [6.07, 6.45) is 2.61. The van der Waals surface area contributed by atoms with Crippen LogP contribution in [-0.2, 0) is 42.9 Å². The normalized spacial score (nSPS) is 16.8. The van der Waals surface area contributed by atoms with Crippen LogP contribution in [0.4, 0.5) is 4.79 Å². The summed E-state index contributed by atoms with van der Waals surface area (Å²) in [5, 5.41) is 11.8. The standard InChI is InChI=1S/C49H70N4O15S/c1-46(2,3)65-39(55)24-61-30-19-29(20-31(21-30)62-25-40(56)66-47(4,5)6)32-22-33(36(64-27-42(58)68-49(10,11)12)23-35(32)63-26-41(57)67-48(7,8)9)44(59)51-18-17-50-38(54)16-14-13-15-37-43-34(28-69-37)52-45(60)53-43/h19-23,34,37,43H,13-18,24-28H2,1-12H3,(H,50,54)(H,51,59)(H2,52,53,60)/t34-,37-,43-/m0/s1. The Morgan fingerprint density at radius 2 is 1.07 bits per heavy atom. The van der Waals surface area contributed by atoms with Crippen molar-refractivity contribution in [2.45, 2.75) is 149 Å². The molecule has 0 unspecified atom stereocenters. The number of hydrogen-bond donors (Lipinski definition) is 4. The quantitative estimate of drug-likeness (QED) is 0.0471. The third-order valence-electron chi connectivity index (χ3n) is 9.42. The number of benzene rings is 2. The Morgan fingerprint density at radius 3 is 1.58 bits per heavy atom. The number of thioether (sulfide) groups is 1. The molecule has 382 valence electrons. The van der Waals surface area contributed by atoms with Gasteiger partial charge < -0.3 is 59.2 Å². The molecule has 2 aromatic rings. The zero-order chi connectivity index (χ0) is 51.3. The molecule has 0 saturated carbocycles. The van der Waals surface area contributed by atoms with E-state index in [1.807, 2.05) is 11.8 Å². The number of carbonyl (C=O) groups is 7. The average Bonchev–Trinajstić information content (AvgIpc) is 3.77. The molecule has 0 spiro atoms. The van der Waals surface area contributed by atoms with E-state index in [1.165, 1.54) is 30.3 Å². The predicted molar refractivity (Wildman–Crippen MR) is 257 cm³/mol. The lowest BCUT2D eigenvalue weighted by molar-refractivity contribution is -0.158. The van der Waals surface area contributed by atoms with Gasteiger partial charge in [-0.25, -0.2) is 24.0 Å². The molecule has 2 fully saturated rings. The first-order valence-electron chi connectivity index (χ1n) is 23.0. The number of ether oxygens (including phenoxy) is 8. The maximum atomic E-state index is 14.1. The number of nitrogens with one attached hydrogen (secondary N) is 4. The van der Waals surface area contributed by atoms with E-state index in [9.17, 15) is 33.6 Å². The highest BCUT2D eigenvalue weighted by atomic mass is 32.2. The van der Waals surface area contributed by atoms with Crippen molar-refractivity contribution in [1.29, 1.82) is 0 Å². The summed E-state index contributed by atoms with van der Waals surface area (Å²) < 4.78 is 45.5. The van der Waals surface area contributed by atoms with Gasteiger partial charge in [0.2, 0.25) is 5.91 Å². The zero-order valence-electron chi connectivity index (χ0n) is 41.9. The number of esters is 4. The largest absolute Gasteiger partial charge is 0.482 e. The second-order valence-corrected chi connectivity index (χ2v) is 21.8. The van der Waals surface area contributed by atoms with Crippen LogP contribution >= 0.6 is 11.8 Å². The van der Waals surface area contributed by atoms with Crippen LogP contribution in [0.5, 0.6) is 23.0 Å². The molecule has 4 N–H and O–H groups in total. The summed E-state index contributed by atoms with van der Waals surface area (Å²) in [4.78, 5) is 89.9. The van der Waals surface area contributed by atoms with Crippen LogP contribution < -0.4 is 40.2 Å². The van der Waals surface area contributed by atoms with Gasteiger partial charge in [0.15, 0.2) is 26.4 Å². The Hall–Kier alpha value is -5.92. The summed E-state index contributed by atoms with van der Waals surface area (Å²) >= 11 is 1.82. The highest BCUT2D eigenvalue weighted by Crippen LogP contribution is 2.40. The van der Waals surface area contributed by atoms with Crippen LogP contribution in [-0.4, -0.2) is 127 Å². The van der Waals surface area contributed by atoms with Gasteiger partial charge in [-0.05, 0) is 120 Å². The highest BCUT2D eigenvalue weighted by molar-refractivity contribution is 8.00. The summed E-state index contributed by atoms with van der Waals surface area (Å²) in [6.45, 7) is 18.3. The second-order valence-electron chi connectivity index (χ2n) is 20.5. The maximum absolute atomic E-state index is 14.1. The Balaban J connectivity index is 1.64. The summed E-state index contributed by atoms with van der Waals surface area (Å²) in [5.41, 5.74) is -2.91. The molecule has 20 heteroatoms. The lowest BCUT2D eigenvalue weighted by Crippen LogP contribution is -2.36. The van der Waals surface area contributed by atoms with Crippen LogP contribution in [0.3, 0.4) is 0 Å². The van der Waals surface area contributed by atoms with E-state index in [-0.39, 0.29) is 88.5 Å². The van der Waals surface area contributed by atoms with Gasteiger partial charge in [-0.2, -0.15) is 11.8 Å². The van der Waals surface area contributed by atoms with Crippen molar-refractivity contribution in [3.63, 3.8) is 0 Å². The number of unbranched alkanes of at least 4 members (excludes halogenated alkanes) is 1. The molecule has 2 saturated heterocycles. The van der Waals surface area contributed by atoms with Gasteiger partial charge in [0, 0.05) is 48.2 Å². The van der Waals surface area contributed by atoms with Crippen molar-refractivity contribution in [1.82, 2.24) is 21.3 Å². The summed E-state index contributed by atoms with van der Waals surface area (Å²) in [5.74, 6) is -2.72. The molecule has 0 aromatic heterocycles. The smallest absolute Gasteiger partial charge is 0.344 e. The first kappa shape index (κ1) is 55.7. The third kappa shape index (κ3) is 20.3. The van der Waals surface area contributed by atoms with Crippen molar-refractivity contribution >= 4 is 53.5 Å². The molecule has 2 aromatic carbocycles. The van der Waals surface area contributed by atoms with Gasteiger partial charge in [-0.1, -0.05) is 6.42 Å². The molecule has 0 bridgehead atoms. The minimum atomic E-state index is -0.848. The lowest BCUT2D eigenvalue weighted by atomic mass is 9.99. The average molecular weight is 987 g/mol. The Morgan fingerprint density at radius 1 is 0.594 bits per heavy atom. The van der Waals surface area contributed by atoms with Crippen LogP contribution in [0.2, 0.25) is 0 Å². The Bertz CT molecular complexity index is 2120. The minimum Gasteiger partial charge on any atom is -0.482 e. The molecule has 3 atom stereocenters. The molecule has 4 rings (SSSR count). The molecule has 2 heterocycles. The topological polar surface area (TPSA) is 241 Å². The van der Waals surface area contributed by atoms with E-state index in [1.54, 1.807) is 83.1 Å². The van der Waals surface area contributed by atoms with E-state index in [2.05, 4.69) is 21.3 Å². The highest BCUT2D eigenvalue weighted by Gasteiger charge is 2.42. The van der Waals surface area contributed by atoms with Crippen LogP contribution in [0.15, 0.2) is 30.3 Å². The minimum absolute atomic E-state index is 0.00737. The molecule has 0 radical (unpaired) electrons. The SMILES string of the molecule is CC(C)(C)OC(=O)COc1cc(OCC(=O)OC(C)(C)C)cc(-c2cc(C(=O)NCCNC(=O)CCCC[C@@H]3SC[C@@H]4NC(=O)N[C@@H]43)c(OCC(=O)OC(C)(C)C)cc2OCC(=O)OC(C)(C)C)c1. The number of carbonyl (C=O) groups excluding carboxylic acids is 7. The van der Waals surface area contributed by atoms with Gasteiger partial charge in [-0.3, -0.25) is 9.59 Å². The Labute approximate surface area is 408 Å². The monoisotopic (exact) mass is 986 g/mol. The van der Waals surface area contributed by atoms with Crippen molar-refractivity contribution in [2.24, 2.45) is 0 Å². The fourth-order valence-electron chi connectivity index (χ4n) is 6.97. The number of rotatable bonds is 22. The van der Waals surface area contributed by atoms with Crippen molar-refractivity contribution in [3.05, 3.63) is 35.9 Å². The molecular formula is C49H70N4O15S. The van der Waals surface area contributed by atoms with Gasteiger partial charge in [0.25, 0.3) is 5.91 Å². The van der Waals surface area contributed by atoms with Gasteiger partial charge in [0.05, 0.1) is 17.6 Å². The fourth-order valence-corrected chi connectivity index (χ4v) is 8.52. The number of fused-ring (bicyclic) bond motifs is 1. The van der Waals surface area contributed by atoms with E-state index in [0.717, 1.165) is 18.6 Å². The molecule has 0 aliphatic carbocycles. The molecule has 4 amide bonds. The van der Waals surface area contributed by atoms with E-state index in [4.69, 9.17) is 37.9 Å². The van der Waals surface area contributed by atoms with E-state index < -0.39 is 78.6 Å². The van der Waals surface area contributed by atoms with E-state index >= 15 is 0 Å². The molecule has 69 heavy (non-hydrogen) atoms. The third-order valence-corrected chi connectivity index (χ3v) is 10.9. The second kappa shape index (κ2) is 24.1. The van der Waals surface area contributed by atoms with Crippen LogP contribution in [0.1, 0.15) is 119 Å². The lowest BCUT2D eigenvalue weighted by Gasteiger charge is -2.22. The molecule has 19 nitrogen and oxygen atoms in total. The van der Waals surface area contributed by atoms with Crippen molar-refractivity contribution in [2.75, 3.05) is 45.3 Å². The van der Waals surface area contributed by atoms with Crippen molar-refractivity contribution in [3.8, 4) is 34.1 Å². The predicted octanol–water partition coefficient (Wildman–Crippen LogP) is 5.81. The van der Waals surface area contributed by atoms with Crippen LogP contribution in [0.25, 0.3) is 11.1 Å². The number of urea groups is 1. The zero-order valence-corrected chi connectivity index (χ0v) is 42.7. The summed E-state index contributed by atoms with van der Waals surface area (Å²) in [6, 6.07) is 7.31. The van der Waals surface area contributed by atoms with Gasteiger partial charge >= 0.3 is 29.9 Å². The fraction of sp³-hybridized carbons (Fsp3) is 0.612. The van der Waals surface area contributed by atoms with Gasteiger partial charge in [-0.15, -0.1) is 0 Å². The Kier molecular flexibility index (Phi) is 19.4. The van der Waals surface area contributed by atoms with Crippen LogP contribution in [0, 0.1) is 0 Å².